The second kappa shape index (κ2) is 9.91. The Bertz CT molecular complexity index is 807. The Morgan fingerprint density at radius 3 is 2.00 bits per heavy atom. The molecule has 0 aliphatic rings. The summed E-state index contributed by atoms with van der Waals surface area (Å²) in [5, 5.41) is 14.8. The summed E-state index contributed by atoms with van der Waals surface area (Å²) in [6.45, 7) is 2.26. The second-order valence-corrected chi connectivity index (χ2v) is 7.08. The zero-order chi connectivity index (χ0) is 18.9. The Balaban J connectivity index is 1.50. The van der Waals surface area contributed by atoms with E-state index in [0.29, 0.717) is 0 Å². The molecule has 4 nitrogen and oxygen atoms in total. The van der Waals surface area contributed by atoms with Gasteiger partial charge in [-0.1, -0.05) is 69.7 Å². The largest absolute Gasteiger partial charge is 0.539 e. The van der Waals surface area contributed by atoms with E-state index in [1.165, 1.54) is 67.0 Å². The van der Waals surface area contributed by atoms with Gasteiger partial charge in [0.15, 0.2) is 0 Å². The lowest BCUT2D eigenvalue weighted by atomic mass is 10.0. The lowest BCUT2D eigenvalue weighted by molar-refractivity contribution is -0.670. The highest BCUT2D eigenvalue weighted by molar-refractivity contribution is 5.64. The number of hydrogen-bond acceptors (Lipinski definition) is 3. The summed E-state index contributed by atoms with van der Waals surface area (Å²) < 4.78 is 6.01. The van der Waals surface area contributed by atoms with E-state index in [1.54, 1.807) is 0 Å². The van der Waals surface area contributed by atoms with Crippen LogP contribution in [0.15, 0.2) is 59.3 Å². The SMILES string of the molecule is CCCCCCCCCc1ccc(-c2ccc(-[n+]3cc([O-])on3)cc2)cc1. The number of aryl methyl sites for hydroxylation is 1. The first kappa shape index (κ1) is 19.2. The van der Waals surface area contributed by atoms with E-state index < -0.39 is 5.95 Å². The van der Waals surface area contributed by atoms with E-state index in [0.717, 1.165) is 17.7 Å². The van der Waals surface area contributed by atoms with Crippen molar-refractivity contribution in [3.05, 3.63) is 60.3 Å². The first-order chi connectivity index (χ1) is 13.3. The molecule has 0 N–H and O–H groups in total. The van der Waals surface area contributed by atoms with Gasteiger partial charge in [-0.15, -0.1) is 0 Å². The van der Waals surface area contributed by atoms with Gasteiger partial charge < -0.3 is 9.63 Å². The molecule has 3 aromatic rings. The number of nitrogens with zero attached hydrogens (tertiary/aromatic N) is 2. The highest BCUT2D eigenvalue weighted by atomic mass is 16.6. The molecule has 0 unspecified atom stereocenters. The van der Waals surface area contributed by atoms with Gasteiger partial charge in [0.25, 0.3) is 0 Å². The maximum atomic E-state index is 11.1. The van der Waals surface area contributed by atoms with Crippen molar-refractivity contribution in [1.82, 2.24) is 5.27 Å². The van der Waals surface area contributed by atoms with Gasteiger partial charge in [-0.3, -0.25) is 0 Å². The van der Waals surface area contributed by atoms with Gasteiger partial charge in [-0.25, -0.2) is 0 Å². The average Bonchev–Trinajstić information content (AvgIpc) is 3.14. The fraction of sp³-hybridized carbons (Fsp3) is 0.391. The van der Waals surface area contributed by atoms with Crippen molar-refractivity contribution in [2.24, 2.45) is 0 Å². The minimum Gasteiger partial charge on any atom is -0.539 e. The van der Waals surface area contributed by atoms with Crippen molar-refractivity contribution >= 4 is 0 Å². The van der Waals surface area contributed by atoms with E-state index in [4.69, 9.17) is 0 Å². The maximum Gasteiger partial charge on any atom is 0.239 e. The highest BCUT2D eigenvalue weighted by Gasteiger charge is 2.09. The zero-order valence-corrected chi connectivity index (χ0v) is 16.1. The number of unbranched alkanes of at least 4 members (excludes halogenated alkanes) is 6. The van der Waals surface area contributed by atoms with Crippen LogP contribution in [0.1, 0.15) is 57.4 Å². The van der Waals surface area contributed by atoms with Gasteiger partial charge >= 0.3 is 0 Å². The third-order valence-corrected chi connectivity index (χ3v) is 4.93. The van der Waals surface area contributed by atoms with Gasteiger partial charge in [0, 0.05) is 12.1 Å². The van der Waals surface area contributed by atoms with Gasteiger partial charge in [-0.2, -0.15) is 0 Å². The first-order valence-corrected chi connectivity index (χ1v) is 10.0. The lowest BCUT2D eigenvalue weighted by Crippen LogP contribution is -2.31. The smallest absolute Gasteiger partial charge is 0.239 e. The minimum absolute atomic E-state index is 0.448. The average molecular weight is 364 g/mol. The van der Waals surface area contributed by atoms with E-state index in [9.17, 15) is 5.11 Å². The number of hydrogen-bond donors (Lipinski definition) is 0. The highest BCUT2D eigenvalue weighted by Crippen LogP contribution is 2.21. The van der Waals surface area contributed by atoms with Crippen LogP contribution in [0.4, 0.5) is 0 Å². The Kier molecular flexibility index (Phi) is 7.03. The molecule has 0 saturated carbocycles. The monoisotopic (exact) mass is 364 g/mol. The van der Waals surface area contributed by atoms with Crippen LogP contribution in [0.5, 0.6) is 5.95 Å². The standard InChI is InChI=1S/C23H28N2O2/c1-2-3-4-5-6-7-8-9-19-10-12-20(13-11-19)21-14-16-22(17-15-21)25-18-23(26)27-24-25/h10-18H,2-9H2,1H3. The Morgan fingerprint density at radius 1 is 0.815 bits per heavy atom. The molecule has 0 aliphatic carbocycles. The van der Waals surface area contributed by atoms with E-state index in [-0.39, 0.29) is 0 Å². The fourth-order valence-corrected chi connectivity index (χ4v) is 3.31. The molecule has 2 aromatic carbocycles. The van der Waals surface area contributed by atoms with Crippen molar-refractivity contribution in [3.8, 4) is 22.8 Å². The molecule has 0 aliphatic heterocycles. The summed E-state index contributed by atoms with van der Waals surface area (Å²) in [6.07, 6.45) is 11.9. The number of aromatic nitrogens is 2. The summed E-state index contributed by atoms with van der Waals surface area (Å²) in [6, 6.07) is 16.8. The first-order valence-electron chi connectivity index (χ1n) is 10.0. The van der Waals surface area contributed by atoms with Crippen LogP contribution in [-0.2, 0) is 6.42 Å². The van der Waals surface area contributed by atoms with Crippen molar-refractivity contribution < 1.29 is 14.3 Å². The number of rotatable bonds is 10. The summed E-state index contributed by atoms with van der Waals surface area (Å²) in [5.41, 5.74) is 4.55. The molecule has 27 heavy (non-hydrogen) atoms. The minimum atomic E-state index is -0.448. The molecule has 142 valence electrons. The molecule has 1 aromatic heterocycles. The summed E-state index contributed by atoms with van der Waals surface area (Å²) in [7, 11) is 0. The topological polar surface area (TPSA) is 53.0 Å². The van der Waals surface area contributed by atoms with Crippen LogP contribution >= 0.6 is 0 Å². The van der Waals surface area contributed by atoms with Gasteiger partial charge in [0.1, 0.15) is 5.95 Å². The Morgan fingerprint density at radius 2 is 1.41 bits per heavy atom. The zero-order valence-electron chi connectivity index (χ0n) is 16.1. The van der Waals surface area contributed by atoms with Gasteiger partial charge in [-0.05, 0) is 46.3 Å². The van der Waals surface area contributed by atoms with Gasteiger partial charge in [0.2, 0.25) is 11.9 Å². The predicted octanol–water partition coefficient (Wildman–Crippen LogP) is 4.99. The Labute approximate surface area is 161 Å². The molecule has 0 saturated heterocycles. The molecule has 0 bridgehead atoms. The molecule has 4 heteroatoms. The maximum absolute atomic E-state index is 11.1. The van der Waals surface area contributed by atoms with E-state index >= 15 is 0 Å². The quantitative estimate of drug-likeness (QED) is 0.376. The van der Waals surface area contributed by atoms with E-state index in [2.05, 4.69) is 41.0 Å². The molecule has 3 rings (SSSR count). The second-order valence-electron chi connectivity index (χ2n) is 7.08. The molecular weight excluding hydrogens is 336 g/mol. The predicted molar refractivity (Wildman–Crippen MR) is 105 cm³/mol. The molecule has 0 amide bonds. The number of benzene rings is 2. The van der Waals surface area contributed by atoms with Crippen molar-refractivity contribution in [2.75, 3.05) is 0 Å². The van der Waals surface area contributed by atoms with Crippen LogP contribution in [-0.4, -0.2) is 5.27 Å². The van der Waals surface area contributed by atoms with Crippen LogP contribution in [0.2, 0.25) is 0 Å². The van der Waals surface area contributed by atoms with Crippen molar-refractivity contribution in [1.29, 1.82) is 0 Å². The normalized spacial score (nSPS) is 11.0. The summed E-state index contributed by atoms with van der Waals surface area (Å²) in [4.78, 5) is 0. The summed E-state index contributed by atoms with van der Waals surface area (Å²) >= 11 is 0. The van der Waals surface area contributed by atoms with Crippen molar-refractivity contribution in [3.63, 3.8) is 0 Å². The van der Waals surface area contributed by atoms with E-state index in [1.807, 2.05) is 24.3 Å². The van der Waals surface area contributed by atoms with Crippen LogP contribution < -0.4 is 9.79 Å². The van der Waals surface area contributed by atoms with Crippen LogP contribution in [0.3, 0.4) is 0 Å². The third kappa shape index (κ3) is 5.68. The van der Waals surface area contributed by atoms with Crippen LogP contribution in [0, 0.1) is 0 Å². The molecule has 0 spiro atoms. The Hall–Kier alpha value is -2.62. The van der Waals surface area contributed by atoms with Gasteiger partial charge in [0.05, 0.1) is 5.27 Å². The fourth-order valence-electron chi connectivity index (χ4n) is 3.31. The third-order valence-electron chi connectivity index (χ3n) is 4.93. The molecule has 1 heterocycles. The molecule has 0 fully saturated rings. The lowest BCUT2D eigenvalue weighted by Gasteiger charge is -2.05. The van der Waals surface area contributed by atoms with Crippen molar-refractivity contribution in [2.45, 2.75) is 58.3 Å². The summed E-state index contributed by atoms with van der Waals surface area (Å²) in [5.74, 6) is -0.448. The molecule has 0 radical (unpaired) electrons. The van der Waals surface area contributed by atoms with Crippen LogP contribution in [0.25, 0.3) is 16.8 Å². The molecular formula is C23H28N2O2. The molecule has 0 atom stereocenters.